The smallest absolute Gasteiger partial charge is 0.216 e. The third-order valence-electron chi connectivity index (χ3n) is 4.73. The molecule has 0 N–H and O–H groups in total. The van der Waals surface area contributed by atoms with Gasteiger partial charge in [-0.15, -0.1) is 10.2 Å². The number of thioether (sulfide) groups is 2. The third kappa shape index (κ3) is 1.86. The Labute approximate surface area is 152 Å². The first-order chi connectivity index (χ1) is 12.4. The van der Waals surface area contributed by atoms with Crippen molar-refractivity contribution in [3.8, 4) is 0 Å². The fourth-order valence-electron chi connectivity index (χ4n) is 3.67. The van der Waals surface area contributed by atoms with E-state index in [1.165, 1.54) is 32.1 Å². The minimum absolute atomic E-state index is 0.177. The Balaban J connectivity index is 1.66. The molecular weight excluding hydrogens is 348 g/mol. The molecule has 4 aromatic rings. The maximum Gasteiger partial charge on any atom is 0.216 e. The molecule has 1 aromatic heterocycles. The summed E-state index contributed by atoms with van der Waals surface area (Å²) in [6.07, 6.45) is 1.80. The first-order valence-electron chi connectivity index (χ1n) is 8.03. The zero-order valence-corrected chi connectivity index (χ0v) is 14.7. The molecule has 25 heavy (non-hydrogen) atoms. The van der Waals surface area contributed by atoms with E-state index in [0.29, 0.717) is 0 Å². The van der Waals surface area contributed by atoms with Gasteiger partial charge in [-0.05, 0) is 39.4 Å². The SMILES string of the molecule is C1=C2Sc3nncn3N2C(c2c3ccccc3cc3ccccc23)S1. The van der Waals surface area contributed by atoms with E-state index in [9.17, 15) is 0 Å². The molecule has 3 aromatic carbocycles. The fraction of sp³-hybridized carbons (Fsp3) is 0.0526. The van der Waals surface area contributed by atoms with Crippen LogP contribution in [0.1, 0.15) is 10.9 Å². The number of rotatable bonds is 1. The third-order valence-corrected chi connectivity index (χ3v) is 6.90. The molecule has 0 spiro atoms. The highest BCUT2D eigenvalue weighted by molar-refractivity contribution is 8.07. The van der Waals surface area contributed by atoms with E-state index < -0.39 is 0 Å². The summed E-state index contributed by atoms with van der Waals surface area (Å²) in [5.41, 5.74) is 1.35. The van der Waals surface area contributed by atoms with Crippen molar-refractivity contribution in [1.29, 1.82) is 0 Å². The molecule has 6 rings (SSSR count). The van der Waals surface area contributed by atoms with E-state index in [4.69, 9.17) is 0 Å². The Morgan fingerprint density at radius 1 is 0.920 bits per heavy atom. The van der Waals surface area contributed by atoms with E-state index in [1.54, 1.807) is 18.1 Å². The second-order valence-corrected chi connectivity index (χ2v) is 8.02. The van der Waals surface area contributed by atoms with Gasteiger partial charge in [-0.3, -0.25) is 5.01 Å². The first kappa shape index (κ1) is 13.8. The first-order valence-corrected chi connectivity index (χ1v) is 9.79. The van der Waals surface area contributed by atoms with E-state index in [1.807, 2.05) is 11.8 Å². The molecule has 1 atom stereocenters. The zero-order chi connectivity index (χ0) is 16.4. The van der Waals surface area contributed by atoms with Crippen molar-refractivity contribution >= 4 is 45.1 Å². The Hall–Kier alpha value is -2.44. The van der Waals surface area contributed by atoms with Gasteiger partial charge in [0.2, 0.25) is 5.16 Å². The minimum atomic E-state index is 0.177. The molecule has 0 radical (unpaired) electrons. The Morgan fingerprint density at radius 2 is 1.64 bits per heavy atom. The Bertz CT molecular complexity index is 1130. The predicted molar refractivity (Wildman–Crippen MR) is 104 cm³/mol. The van der Waals surface area contributed by atoms with Crippen molar-refractivity contribution < 1.29 is 0 Å². The molecule has 4 nitrogen and oxygen atoms in total. The lowest BCUT2D eigenvalue weighted by molar-refractivity contribution is 0.637. The summed E-state index contributed by atoms with van der Waals surface area (Å²) in [6, 6.07) is 19.6. The molecule has 1 unspecified atom stereocenters. The van der Waals surface area contributed by atoms with Crippen molar-refractivity contribution in [2.45, 2.75) is 10.5 Å². The van der Waals surface area contributed by atoms with Gasteiger partial charge in [0.05, 0.1) is 0 Å². The van der Waals surface area contributed by atoms with Gasteiger partial charge in [-0.2, -0.15) is 0 Å². The van der Waals surface area contributed by atoms with Crippen LogP contribution < -0.4 is 5.01 Å². The topological polar surface area (TPSA) is 34.0 Å². The van der Waals surface area contributed by atoms with Crippen LogP contribution in [0.2, 0.25) is 0 Å². The van der Waals surface area contributed by atoms with Gasteiger partial charge in [0.1, 0.15) is 16.7 Å². The van der Waals surface area contributed by atoms with Crippen molar-refractivity contribution in [1.82, 2.24) is 14.9 Å². The van der Waals surface area contributed by atoms with Crippen LogP contribution in [-0.4, -0.2) is 14.9 Å². The maximum atomic E-state index is 4.22. The zero-order valence-electron chi connectivity index (χ0n) is 13.0. The molecule has 0 saturated heterocycles. The molecule has 3 heterocycles. The van der Waals surface area contributed by atoms with Crippen LogP contribution in [0.5, 0.6) is 0 Å². The summed E-state index contributed by atoms with van der Waals surface area (Å²) in [4.78, 5) is 0. The number of fused-ring (bicyclic) bond motifs is 5. The molecule has 0 saturated carbocycles. The Morgan fingerprint density at radius 3 is 2.40 bits per heavy atom. The van der Waals surface area contributed by atoms with E-state index in [0.717, 1.165) is 5.16 Å². The minimum Gasteiger partial charge on any atom is -0.253 e. The molecule has 6 heteroatoms. The van der Waals surface area contributed by atoms with Crippen LogP contribution in [0.3, 0.4) is 0 Å². The number of aromatic nitrogens is 3. The Kier molecular flexibility index (Phi) is 2.78. The standard InChI is InChI=1S/C19H12N4S2/c1-3-7-14-12(5-1)9-13-6-2-4-8-15(13)17(14)18-23-16(10-24-18)25-19-21-20-11-22(19)23/h1-11,18H. The van der Waals surface area contributed by atoms with Gasteiger partial charge in [0.15, 0.2) is 0 Å². The number of hydrogen-bond acceptors (Lipinski definition) is 5. The summed E-state index contributed by atoms with van der Waals surface area (Å²) in [7, 11) is 0. The molecule has 0 amide bonds. The van der Waals surface area contributed by atoms with E-state index >= 15 is 0 Å². The van der Waals surface area contributed by atoms with Crippen molar-refractivity contribution in [2.75, 3.05) is 5.01 Å². The van der Waals surface area contributed by atoms with Crippen molar-refractivity contribution in [3.05, 3.63) is 76.9 Å². The lowest BCUT2D eigenvalue weighted by Crippen LogP contribution is -2.28. The highest BCUT2D eigenvalue weighted by Gasteiger charge is 2.38. The predicted octanol–water partition coefficient (Wildman–Crippen LogP) is 4.87. The molecule has 0 bridgehead atoms. The van der Waals surface area contributed by atoms with Crippen LogP contribution in [0.4, 0.5) is 0 Å². The molecule has 0 fully saturated rings. The summed E-state index contributed by atoms with van der Waals surface area (Å²) >= 11 is 3.53. The molecule has 0 aliphatic carbocycles. The highest BCUT2D eigenvalue weighted by atomic mass is 32.2. The number of hydrogen-bond donors (Lipinski definition) is 0. The van der Waals surface area contributed by atoms with Gasteiger partial charge in [0.25, 0.3) is 0 Å². The lowest BCUT2D eigenvalue weighted by atomic mass is 9.96. The molecule has 2 aliphatic rings. The lowest BCUT2D eigenvalue weighted by Gasteiger charge is -2.26. The van der Waals surface area contributed by atoms with E-state index in [-0.39, 0.29) is 5.37 Å². The quantitative estimate of drug-likeness (QED) is 0.452. The van der Waals surface area contributed by atoms with Gasteiger partial charge >= 0.3 is 0 Å². The second-order valence-electron chi connectivity index (χ2n) is 6.08. The molecular formula is C19H12N4S2. The van der Waals surface area contributed by atoms with Crippen LogP contribution in [0.15, 0.2) is 76.5 Å². The summed E-state index contributed by atoms with van der Waals surface area (Å²) in [5.74, 6) is 0. The van der Waals surface area contributed by atoms with Crippen molar-refractivity contribution in [2.24, 2.45) is 0 Å². The van der Waals surface area contributed by atoms with Gasteiger partial charge in [-0.25, -0.2) is 4.68 Å². The van der Waals surface area contributed by atoms with E-state index in [2.05, 4.69) is 79.9 Å². The normalized spacial score (nSPS) is 18.6. The molecule has 120 valence electrons. The number of benzene rings is 3. The average molecular weight is 360 g/mol. The number of nitrogens with zero attached hydrogens (tertiary/aromatic N) is 4. The maximum absolute atomic E-state index is 4.22. The largest absolute Gasteiger partial charge is 0.253 e. The molecule has 2 aliphatic heterocycles. The average Bonchev–Trinajstić information content (AvgIpc) is 3.32. The van der Waals surface area contributed by atoms with Gasteiger partial charge in [-0.1, -0.05) is 60.3 Å². The van der Waals surface area contributed by atoms with Crippen molar-refractivity contribution in [3.63, 3.8) is 0 Å². The van der Waals surface area contributed by atoms with Crippen LogP contribution >= 0.6 is 23.5 Å². The van der Waals surface area contributed by atoms with Crippen LogP contribution in [0, 0.1) is 0 Å². The monoisotopic (exact) mass is 360 g/mol. The summed E-state index contributed by atoms with van der Waals surface area (Å²) in [5, 5.41) is 20.3. The highest BCUT2D eigenvalue weighted by Crippen LogP contribution is 2.52. The van der Waals surface area contributed by atoms with Gasteiger partial charge < -0.3 is 0 Å². The summed E-state index contributed by atoms with van der Waals surface area (Å²) in [6.45, 7) is 0. The summed E-state index contributed by atoms with van der Waals surface area (Å²) < 4.78 is 2.07. The van der Waals surface area contributed by atoms with Gasteiger partial charge in [0, 0.05) is 11.0 Å². The second kappa shape index (κ2) is 5.03. The van der Waals surface area contributed by atoms with Crippen LogP contribution in [-0.2, 0) is 0 Å². The van der Waals surface area contributed by atoms with Crippen LogP contribution in [0.25, 0.3) is 21.5 Å². The fourth-order valence-corrected chi connectivity index (χ4v) is 5.96.